The van der Waals surface area contributed by atoms with Gasteiger partial charge in [0, 0.05) is 18.7 Å². The smallest absolute Gasteiger partial charge is 0.251 e. The normalized spacial score (nSPS) is 16.1. The summed E-state index contributed by atoms with van der Waals surface area (Å²) in [5.41, 5.74) is 2.01. The van der Waals surface area contributed by atoms with Crippen molar-refractivity contribution in [2.45, 2.75) is 51.0 Å². The molecule has 162 valence electrons. The third-order valence-corrected chi connectivity index (χ3v) is 7.38. The van der Waals surface area contributed by atoms with Crippen LogP contribution < -0.4 is 10.1 Å². The average molecular weight is 431 g/mol. The summed E-state index contributed by atoms with van der Waals surface area (Å²) >= 11 is 0. The van der Waals surface area contributed by atoms with E-state index in [4.69, 9.17) is 4.74 Å². The molecule has 3 rings (SSSR count). The molecular weight excluding hydrogens is 400 g/mol. The van der Waals surface area contributed by atoms with Crippen molar-refractivity contribution in [2.24, 2.45) is 0 Å². The quantitative estimate of drug-likeness (QED) is 0.727. The topological polar surface area (TPSA) is 75.7 Å². The van der Waals surface area contributed by atoms with Gasteiger partial charge in [0.1, 0.15) is 12.4 Å². The molecule has 1 amide bonds. The summed E-state index contributed by atoms with van der Waals surface area (Å²) in [5.74, 6) is 0.467. The number of amides is 1. The summed E-state index contributed by atoms with van der Waals surface area (Å²) in [6, 6.07) is 12.3. The van der Waals surface area contributed by atoms with Crippen LogP contribution in [0.15, 0.2) is 47.4 Å². The number of para-hydroxylation sites is 1. The van der Waals surface area contributed by atoms with E-state index in [1.165, 1.54) is 10.4 Å². The highest BCUT2D eigenvalue weighted by Crippen LogP contribution is 2.24. The van der Waals surface area contributed by atoms with Gasteiger partial charge in [0.05, 0.1) is 10.9 Å². The molecule has 1 heterocycles. The Kier molecular flexibility index (Phi) is 7.15. The van der Waals surface area contributed by atoms with E-state index >= 15 is 0 Å². The Labute approximate surface area is 179 Å². The number of hydrogen-bond donors (Lipinski definition) is 1. The van der Waals surface area contributed by atoms with Crippen LogP contribution >= 0.6 is 0 Å². The zero-order valence-electron chi connectivity index (χ0n) is 17.8. The number of sulfonamides is 1. The lowest BCUT2D eigenvalue weighted by atomic mass is 10.1. The predicted octanol–water partition coefficient (Wildman–Crippen LogP) is 3.68. The van der Waals surface area contributed by atoms with Crippen molar-refractivity contribution in [2.75, 3.05) is 19.7 Å². The Bertz CT molecular complexity index is 998. The number of piperidine rings is 1. The molecule has 2 aromatic carbocycles. The van der Waals surface area contributed by atoms with Gasteiger partial charge in [-0.1, -0.05) is 30.7 Å². The molecule has 6 nitrogen and oxygen atoms in total. The van der Waals surface area contributed by atoms with Crippen LogP contribution in [0.3, 0.4) is 0 Å². The lowest BCUT2D eigenvalue weighted by molar-refractivity contribution is 0.0926. The van der Waals surface area contributed by atoms with Crippen molar-refractivity contribution in [3.63, 3.8) is 0 Å². The first-order chi connectivity index (χ1) is 14.3. The van der Waals surface area contributed by atoms with E-state index in [0.29, 0.717) is 30.8 Å². The Morgan fingerprint density at radius 3 is 2.47 bits per heavy atom. The van der Waals surface area contributed by atoms with Crippen LogP contribution in [0.25, 0.3) is 0 Å². The van der Waals surface area contributed by atoms with Gasteiger partial charge in [-0.3, -0.25) is 4.79 Å². The number of nitrogens with zero attached hydrogens (tertiary/aromatic N) is 1. The first-order valence-corrected chi connectivity index (χ1v) is 11.8. The number of carbonyl (C=O) groups excluding carboxylic acids is 1. The van der Waals surface area contributed by atoms with Crippen molar-refractivity contribution in [1.29, 1.82) is 0 Å². The number of ether oxygens (including phenoxy) is 1. The number of rotatable bonds is 7. The van der Waals surface area contributed by atoms with Gasteiger partial charge in [-0.25, -0.2) is 8.42 Å². The highest BCUT2D eigenvalue weighted by atomic mass is 32.2. The summed E-state index contributed by atoms with van der Waals surface area (Å²) in [5, 5.41) is 2.89. The molecule has 0 aromatic heterocycles. The average Bonchev–Trinajstić information content (AvgIpc) is 2.74. The minimum atomic E-state index is -3.60. The van der Waals surface area contributed by atoms with Crippen LogP contribution in [0.1, 0.15) is 47.7 Å². The van der Waals surface area contributed by atoms with E-state index in [1.807, 2.05) is 38.1 Å². The summed E-state index contributed by atoms with van der Waals surface area (Å²) in [7, 11) is -3.60. The van der Waals surface area contributed by atoms with Gasteiger partial charge in [-0.05, 0) is 62.9 Å². The molecule has 0 radical (unpaired) electrons. The third-order valence-electron chi connectivity index (χ3n) is 5.34. The largest absolute Gasteiger partial charge is 0.491 e. The van der Waals surface area contributed by atoms with E-state index in [9.17, 15) is 13.2 Å². The number of nitrogens with one attached hydrogen (secondary N) is 1. The van der Waals surface area contributed by atoms with Gasteiger partial charge in [-0.2, -0.15) is 4.31 Å². The lowest BCUT2D eigenvalue weighted by Crippen LogP contribution is -2.37. The van der Waals surface area contributed by atoms with Gasteiger partial charge in [-0.15, -0.1) is 0 Å². The van der Waals surface area contributed by atoms with Crippen molar-refractivity contribution in [3.05, 3.63) is 59.2 Å². The maximum Gasteiger partial charge on any atom is 0.251 e. The molecule has 0 saturated carbocycles. The molecule has 0 aliphatic carbocycles. The Morgan fingerprint density at radius 1 is 1.07 bits per heavy atom. The molecule has 1 N–H and O–H groups in total. The van der Waals surface area contributed by atoms with E-state index in [0.717, 1.165) is 30.6 Å². The second-order valence-corrected chi connectivity index (χ2v) is 9.80. The van der Waals surface area contributed by atoms with Gasteiger partial charge >= 0.3 is 0 Å². The number of aryl methyl sites for hydroxylation is 2. The minimum absolute atomic E-state index is 0.209. The fraction of sp³-hybridized carbons (Fsp3) is 0.435. The molecule has 7 heteroatoms. The maximum absolute atomic E-state index is 13.1. The Hall–Kier alpha value is -2.38. The van der Waals surface area contributed by atoms with Crippen molar-refractivity contribution >= 4 is 15.9 Å². The Morgan fingerprint density at radius 2 is 1.77 bits per heavy atom. The Balaban J connectivity index is 1.69. The highest BCUT2D eigenvalue weighted by Gasteiger charge is 2.28. The van der Waals surface area contributed by atoms with Gasteiger partial charge in [0.15, 0.2) is 0 Å². The molecule has 30 heavy (non-hydrogen) atoms. The van der Waals surface area contributed by atoms with Crippen LogP contribution in [0.2, 0.25) is 0 Å². The molecule has 2 aromatic rings. The molecule has 0 spiro atoms. The predicted molar refractivity (Wildman–Crippen MR) is 117 cm³/mol. The minimum Gasteiger partial charge on any atom is -0.491 e. The molecule has 0 bridgehead atoms. The lowest BCUT2D eigenvalue weighted by Gasteiger charge is -2.26. The van der Waals surface area contributed by atoms with Crippen molar-refractivity contribution < 1.29 is 17.9 Å². The van der Waals surface area contributed by atoms with Crippen LogP contribution in [0.5, 0.6) is 5.75 Å². The van der Waals surface area contributed by atoms with Gasteiger partial charge in [0.25, 0.3) is 5.91 Å². The fourth-order valence-corrected chi connectivity index (χ4v) is 5.31. The van der Waals surface area contributed by atoms with Crippen LogP contribution in [0.4, 0.5) is 0 Å². The first kappa shape index (κ1) is 22.3. The van der Waals surface area contributed by atoms with Crippen molar-refractivity contribution in [3.8, 4) is 5.75 Å². The fourth-order valence-electron chi connectivity index (χ4n) is 3.55. The van der Waals surface area contributed by atoms with Gasteiger partial charge < -0.3 is 10.1 Å². The van der Waals surface area contributed by atoms with E-state index < -0.39 is 10.0 Å². The standard InChI is InChI=1S/C23H30N2O4S/c1-17-9-5-6-10-21(17)29-16-19(3)24-23(26)20-12-11-18(2)22(15-20)30(27,28)25-13-7-4-8-14-25/h5-6,9-12,15,19H,4,7-8,13-14,16H2,1-3H3,(H,24,26)/t19-/m1/s1. The molecule has 1 aliphatic heterocycles. The molecular formula is C23H30N2O4S. The molecule has 1 fully saturated rings. The maximum atomic E-state index is 13.1. The second-order valence-electron chi connectivity index (χ2n) is 7.90. The van der Waals surface area contributed by atoms with Crippen molar-refractivity contribution in [1.82, 2.24) is 9.62 Å². The van der Waals surface area contributed by atoms with E-state index in [-0.39, 0.29) is 16.8 Å². The number of hydrogen-bond acceptors (Lipinski definition) is 4. The van der Waals surface area contributed by atoms with Crippen LogP contribution in [-0.4, -0.2) is 44.4 Å². The van der Waals surface area contributed by atoms with E-state index in [2.05, 4.69) is 5.32 Å². The highest BCUT2D eigenvalue weighted by molar-refractivity contribution is 7.89. The third kappa shape index (κ3) is 5.21. The molecule has 1 atom stereocenters. The van der Waals surface area contributed by atoms with Gasteiger partial charge in [0.2, 0.25) is 10.0 Å². The molecule has 1 aliphatic rings. The number of carbonyl (C=O) groups is 1. The van der Waals surface area contributed by atoms with Crippen LogP contribution in [-0.2, 0) is 10.0 Å². The zero-order chi connectivity index (χ0) is 21.7. The number of benzene rings is 2. The molecule has 1 saturated heterocycles. The second kappa shape index (κ2) is 9.62. The summed E-state index contributed by atoms with van der Waals surface area (Å²) < 4.78 is 33.5. The monoisotopic (exact) mass is 430 g/mol. The zero-order valence-corrected chi connectivity index (χ0v) is 18.7. The van der Waals surface area contributed by atoms with Crippen LogP contribution in [0, 0.1) is 13.8 Å². The summed E-state index contributed by atoms with van der Waals surface area (Å²) in [6.45, 7) is 6.97. The summed E-state index contributed by atoms with van der Waals surface area (Å²) in [4.78, 5) is 12.9. The summed E-state index contributed by atoms with van der Waals surface area (Å²) in [6.07, 6.45) is 2.80. The molecule has 0 unspecified atom stereocenters. The first-order valence-electron chi connectivity index (χ1n) is 10.4. The van der Waals surface area contributed by atoms with E-state index in [1.54, 1.807) is 19.1 Å². The SMILES string of the molecule is Cc1ccccc1OC[C@@H](C)NC(=O)c1ccc(C)c(S(=O)(=O)N2CCCCC2)c1.